The van der Waals surface area contributed by atoms with E-state index in [1.54, 1.807) is 33.8 Å². The van der Waals surface area contributed by atoms with Gasteiger partial charge in [-0.1, -0.05) is 18.2 Å². The number of para-hydroxylation sites is 1. The summed E-state index contributed by atoms with van der Waals surface area (Å²) in [6.07, 6.45) is 4.58. The molecule has 49 heavy (non-hydrogen) atoms. The zero-order chi connectivity index (χ0) is 34.1. The van der Waals surface area contributed by atoms with Gasteiger partial charge in [0.1, 0.15) is 46.8 Å². The molecule has 3 fully saturated rings. The molecule has 0 aliphatic carbocycles. The number of benzene rings is 2. The minimum Gasteiger partial charge on any atom is -0.457 e. The minimum absolute atomic E-state index is 0.123. The topological polar surface area (TPSA) is 139 Å². The van der Waals surface area contributed by atoms with Gasteiger partial charge in [0.15, 0.2) is 5.65 Å². The van der Waals surface area contributed by atoms with E-state index in [1.807, 2.05) is 24.3 Å². The van der Waals surface area contributed by atoms with Gasteiger partial charge in [-0.05, 0) is 57.0 Å². The van der Waals surface area contributed by atoms with Crippen LogP contribution in [0.5, 0.6) is 11.5 Å². The highest BCUT2D eigenvalue weighted by Crippen LogP contribution is 2.36. The molecule has 0 bridgehead atoms. The minimum atomic E-state index is -0.534. The number of aromatic nitrogens is 4. The maximum Gasteiger partial charge on any atom is 0.264 e. The first kappa shape index (κ1) is 32.6. The average molecular weight is 666 g/mol. The molecule has 7 rings (SSSR count). The van der Waals surface area contributed by atoms with Crippen molar-refractivity contribution >= 4 is 22.8 Å². The first-order valence-corrected chi connectivity index (χ1v) is 16.7. The number of halogens is 1. The number of nitriles is 1. The van der Waals surface area contributed by atoms with E-state index >= 15 is 4.39 Å². The fraction of sp³-hybridized carbons (Fsp3) is 0.417. The van der Waals surface area contributed by atoms with Crippen molar-refractivity contribution in [2.45, 2.75) is 44.3 Å². The summed E-state index contributed by atoms with van der Waals surface area (Å²) >= 11 is 0. The molecular weight excluding hydrogens is 625 g/mol. The number of nitrogen functional groups attached to an aromatic ring is 1. The summed E-state index contributed by atoms with van der Waals surface area (Å²) in [7, 11) is 0. The molecule has 0 saturated carbocycles. The molecule has 0 radical (unpaired) electrons. The van der Waals surface area contributed by atoms with Gasteiger partial charge in [-0.25, -0.2) is 19.0 Å². The van der Waals surface area contributed by atoms with E-state index in [4.69, 9.17) is 20.3 Å². The molecule has 3 aliphatic heterocycles. The van der Waals surface area contributed by atoms with Crippen LogP contribution in [0.15, 0.2) is 66.5 Å². The molecule has 5 heterocycles. The molecule has 13 heteroatoms. The smallest absolute Gasteiger partial charge is 0.264 e. The zero-order valence-electron chi connectivity index (χ0n) is 27.8. The van der Waals surface area contributed by atoms with Gasteiger partial charge >= 0.3 is 0 Å². The van der Waals surface area contributed by atoms with Crippen LogP contribution in [0, 0.1) is 17.1 Å². The average Bonchev–Trinajstić information content (AvgIpc) is 3.48. The fourth-order valence-electron chi connectivity index (χ4n) is 7.01. The summed E-state index contributed by atoms with van der Waals surface area (Å²) in [4.78, 5) is 29.0. The second-order valence-electron chi connectivity index (χ2n) is 13.4. The van der Waals surface area contributed by atoms with E-state index in [0.717, 1.165) is 39.4 Å². The van der Waals surface area contributed by atoms with Crippen molar-refractivity contribution in [1.29, 1.82) is 5.26 Å². The van der Waals surface area contributed by atoms with Crippen LogP contribution in [0.3, 0.4) is 0 Å². The maximum absolute atomic E-state index is 15.7. The Kier molecular flexibility index (Phi) is 9.02. The molecule has 2 aromatic heterocycles. The highest BCUT2D eigenvalue weighted by Gasteiger charge is 2.35. The summed E-state index contributed by atoms with van der Waals surface area (Å²) < 4.78 is 28.6. The van der Waals surface area contributed by atoms with Crippen molar-refractivity contribution in [3.8, 4) is 28.8 Å². The third-order valence-electron chi connectivity index (χ3n) is 9.84. The number of hydrogen-bond donors (Lipinski definition) is 1. The Hall–Kier alpha value is -4.90. The highest BCUT2D eigenvalue weighted by molar-refractivity contribution is 5.99. The summed E-state index contributed by atoms with van der Waals surface area (Å²) in [6.45, 7) is 10.1. The molecule has 3 saturated heterocycles. The number of ether oxygens (including phenoxy) is 2. The van der Waals surface area contributed by atoms with Gasteiger partial charge in [0.05, 0.1) is 30.7 Å². The molecule has 2 N–H and O–H groups in total. The van der Waals surface area contributed by atoms with E-state index in [9.17, 15) is 10.1 Å². The lowest BCUT2D eigenvalue weighted by Gasteiger charge is -2.46. The SMILES string of the molecule is CC(C)(C=C(C#N)C(=O)N1CCCC(n2nc(-c3ccc(Oc4ccccc4)cc3F)c3c(N)ncnc32)C1)N1CCN(C2COC2)CC1. The number of likely N-dealkylation sites (tertiary alicyclic amines) is 1. The molecule has 1 amide bonds. The van der Waals surface area contributed by atoms with E-state index in [0.29, 0.717) is 60.2 Å². The second-order valence-corrected chi connectivity index (χ2v) is 13.4. The van der Waals surface area contributed by atoms with Gasteiger partial charge in [0.25, 0.3) is 5.91 Å². The summed E-state index contributed by atoms with van der Waals surface area (Å²) in [5.74, 6) is 0.273. The second kappa shape index (κ2) is 13.5. The van der Waals surface area contributed by atoms with Crippen LogP contribution < -0.4 is 10.5 Å². The highest BCUT2D eigenvalue weighted by atomic mass is 19.1. The number of rotatable bonds is 8. The summed E-state index contributed by atoms with van der Waals surface area (Å²) in [6, 6.07) is 16.2. The standard InChI is InChI=1S/C36H40FN9O3/c1-36(2,45-15-13-43(14-16-45)26-21-48-22-26)18-24(19-38)35(47)44-12-6-7-25(20-44)46-34-31(33(39)40-23-41-34)32(42-46)29-11-10-28(17-30(29)37)49-27-8-4-3-5-9-27/h3-5,8-11,17-18,23,25-26H,6-7,12-16,20-22H2,1-2H3,(H2,39,40,41). The van der Waals surface area contributed by atoms with Crippen molar-refractivity contribution < 1.29 is 18.7 Å². The van der Waals surface area contributed by atoms with Crippen LogP contribution in [0.4, 0.5) is 10.2 Å². The van der Waals surface area contributed by atoms with Crippen molar-refractivity contribution in [2.75, 3.05) is 58.2 Å². The number of nitrogens with two attached hydrogens (primary N) is 1. The van der Waals surface area contributed by atoms with Crippen molar-refractivity contribution in [2.24, 2.45) is 0 Å². The molecule has 254 valence electrons. The third kappa shape index (κ3) is 6.59. The number of carbonyl (C=O) groups excluding carboxylic acids is 1. The van der Waals surface area contributed by atoms with Crippen LogP contribution in [-0.4, -0.2) is 104 Å². The number of amides is 1. The lowest BCUT2D eigenvalue weighted by Crippen LogP contribution is -2.59. The number of carbonyl (C=O) groups is 1. The number of piperidine rings is 1. The van der Waals surface area contributed by atoms with E-state index < -0.39 is 11.4 Å². The van der Waals surface area contributed by atoms with Gasteiger partial charge in [-0.2, -0.15) is 10.4 Å². The normalized spacial score (nSPS) is 19.8. The quantitative estimate of drug-likeness (QED) is 0.213. The Morgan fingerprint density at radius 3 is 2.53 bits per heavy atom. The van der Waals surface area contributed by atoms with E-state index in [2.05, 4.69) is 39.7 Å². The Morgan fingerprint density at radius 2 is 1.84 bits per heavy atom. The number of piperazine rings is 1. The third-order valence-corrected chi connectivity index (χ3v) is 9.84. The monoisotopic (exact) mass is 665 g/mol. The van der Waals surface area contributed by atoms with E-state index in [-0.39, 0.29) is 28.9 Å². The Morgan fingerprint density at radius 1 is 1.06 bits per heavy atom. The Labute approximate surface area is 284 Å². The maximum atomic E-state index is 15.7. The number of nitrogens with zero attached hydrogens (tertiary/aromatic N) is 8. The van der Waals surface area contributed by atoms with Crippen LogP contribution in [0.2, 0.25) is 0 Å². The van der Waals surface area contributed by atoms with Gasteiger partial charge < -0.3 is 20.1 Å². The molecule has 0 spiro atoms. The summed E-state index contributed by atoms with van der Waals surface area (Å²) in [5, 5.41) is 15.4. The molecule has 4 aromatic rings. The number of hydrogen-bond acceptors (Lipinski definition) is 10. The number of fused-ring (bicyclic) bond motifs is 1. The van der Waals surface area contributed by atoms with Gasteiger partial charge in [0.2, 0.25) is 0 Å². The van der Waals surface area contributed by atoms with Crippen LogP contribution in [-0.2, 0) is 9.53 Å². The lowest BCUT2D eigenvalue weighted by atomic mass is 9.96. The number of anilines is 1. The molecule has 3 aliphatic rings. The van der Waals surface area contributed by atoms with Gasteiger partial charge in [0, 0.05) is 56.4 Å². The predicted molar refractivity (Wildman–Crippen MR) is 182 cm³/mol. The van der Waals surface area contributed by atoms with E-state index in [1.165, 1.54) is 12.4 Å². The van der Waals surface area contributed by atoms with Crippen LogP contribution >= 0.6 is 0 Å². The molecule has 1 atom stereocenters. The van der Waals surface area contributed by atoms with Crippen LogP contribution in [0.25, 0.3) is 22.3 Å². The summed E-state index contributed by atoms with van der Waals surface area (Å²) in [5.41, 5.74) is 6.97. The Bertz CT molecular complexity index is 1910. The zero-order valence-corrected chi connectivity index (χ0v) is 27.8. The van der Waals surface area contributed by atoms with Crippen molar-refractivity contribution in [3.63, 3.8) is 0 Å². The molecule has 2 aromatic carbocycles. The largest absolute Gasteiger partial charge is 0.457 e. The fourth-order valence-corrected chi connectivity index (χ4v) is 7.01. The predicted octanol–water partition coefficient (Wildman–Crippen LogP) is 4.42. The van der Waals surface area contributed by atoms with Crippen molar-refractivity contribution in [1.82, 2.24) is 34.4 Å². The van der Waals surface area contributed by atoms with Gasteiger partial charge in [-0.3, -0.25) is 14.6 Å². The Balaban J connectivity index is 1.11. The van der Waals surface area contributed by atoms with Crippen molar-refractivity contribution in [3.05, 3.63) is 72.3 Å². The first-order chi connectivity index (χ1) is 23.7. The molecular formula is C36H40FN9O3. The molecule has 12 nitrogen and oxygen atoms in total. The molecule has 1 unspecified atom stereocenters. The first-order valence-electron chi connectivity index (χ1n) is 16.7. The van der Waals surface area contributed by atoms with Gasteiger partial charge in [-0.15, -0.1) is 0 Å². The lowest BCUT2D eigenvalue weighted by molar-refractivity contribution is -0.128. The van der Waals surface area contributed by atoms with Crippen LogP contribution in [0.1, 0.15) is 32.7 Å².